The molecule has 1 radical (unpaired) electrons. The number of hydrogen-bond donors (Lipinski definition) is 1. The minimum atomic E-state index is -4.81. The number of hydrogen-bond acceptors (Lipinski definition) is 6. The van der Waals surface area contributed by atoms with Gasteiger partial charge in [0.2, 0.25) is 5.91 Å². The van der Waals surface area contributed by atoms with Crippen LogP contribution in [-0.2, 0) is 58.8 Å². The Morgan fingerprint density at radius 2 is 1.97 bits per heavy atom. The molecule has 0 fully saturated rings. The maximum atomic E-state index is 12.3. The molecule has 189 valence electrons. The van der Waals surface area contributed by atoms with E-state index in [0.29, 0.717) is 23.2 Å². The molecule has 2 aromatic carbocycles. The van der Waals surface area contributed by atoms with E-state index < -0.39 is 18.0 Å². The number of halogens is 3. The molecule has 0 bridgehead atoms. The third-order valence-electron chi connectivity index (χ3n) is 5.11. The zero-order valence-electron chi connectivity index (χ0n) is 19.5. The van der Waals surface area contributed by atoms with E-state index in [2.05, 4.69) is 20.5 Å². The number of benzene rings is 2. The molecule has 1 aromatic heterocycles. The number of amides is 1. The molecular weight excluding hydrogens is 556 g/mol. The molecule has 0 aliphatic rings. The van der Waals surface area contributed by atoms with Crippen LogP contribution in [-0.4, -0.2) is 30.6 Å². The standard InChI is InChI=1S/C24H23F3N3O5.Y/c1-15-21(18(13-31)8-9-23(32)28-2)11-17-7-6-16(10-22(17)29-15)14-33-35-30-19-4-3-5-20(12-19)34-24(25,26)27;/h3-7,10-13,18H,8-9,14H2,1-2H3,(H,28,32);/q-1;. The van der Waals surface area contributed by atoms with Crippen LogP contribution in [0.4, 0.5) is 18.9 Å². The zero-order chi connectivity index (χ0) is 25.4. The van der Waals surface area contributed by atoms with Gasteiger partial charge in [-0.1, -0.05) is 24.3 Å². The molecular formula is C24H23F3N3O5Y-. The van der Waals surface area contributed by atoms with Gasteiger partial charge in [-0.25, -0.2) is 4.89 Å². The Balaban J connectivity index is 0.00000456. The first-order chi connectivity index (χ1) is 16.7. The van der Waals surface area contributed by atoms with Gasteiger partial charge in [-0.2, -0.15) is 0 Å². The van der Waals surface area contributed by atoms with Gasteiger partial charge in [-0.3, -0.25) is 9.78 Å². The van der Waals surface area contributed by atoms with Crippen molar-refractivity contribution in [2.24, 2.45) is 0 Å². The molecule has 0 aliphatic heterocycles. The van der Waals surface area contributed by atoms with Gasteiger partial charge in [0, 0.05) is 63.2 Å². The van der Waals surface area contributed by atoms with Crippen LogP contribution in [0.15, 0.2) is 48.5 Å². The van der Waals surface area contributed by atoms with Gasteiger partial charge in [-0.05, 0) is 48.7 Å². The Morgan fingerprint density at radius 3 is 2.67 bits per heavy atom. The van der Waals surface area contributed by atoms with Crippen molar-refractivity contribution < 1.29 is 70.1 Å². The fourth-order valence-electron chi connectivity index (χ4n) is 3.40. The fourth-order valence-corrected chi connectivity index (χ4v) is 3.40. The van der Waals surface area contributed by atoms with Gasteiger partial charge in [0.15, 0.2) is 0 Å². The van der Waals surface area contributed by atoms with E-state index in [1.54, 1.807) is 26.1 Å². The van der Waals surface area contributed by atoms with Gasteiger partial charge in [0.25, 0.3) is 0 Å². The molecule has 1 N–H and O–H groups in total. The average Bonchev–Trinajstić information content (AvgIpc) is 2.81. The summed E-state index contributed by atoms with van der Waals surface area (Å²) in [6.07, 6.45) is -3.36. The van der Waals surface area contributed by atoms with Crippen molar-refractivity contribution in [3.05, 3.63) is 70.8 Å². The van der Waals surface area contributed by atoms with Crippen molar-refractivity contribution in [3.63, 3.8) is 0 Å². The predicted octanol–water partition coefficient (Wildman–Crippen LogP) is 5.32. The van der Waals surface area contributed by atoms with Crippen LogP contribution in [0.3, 0.4) is 0 Å². The second kappa shape index (κ2) is 13.6. The van der Waals surface area contributed by atoms with E-state index in [0.717, 1.165) is 29.4 Å². The molecule has 12 heteroatoms. The number of aldehydes is 1. The van der Waals surface area contributed by atoms with Crippen molar-refractivity contribution in [2.75, 3.05) is 7.05 Å². The van der Waals surface area contributed by atoms with Crippen molar-refractivity contribution in [2.45, 2.75) is 38.7 Å². The molecule has 1 unspecified atom stereocenters. The topological polar surface area (TPSA) is 101 Å². The molecule has 0 spiro atoms. The van der Waals surface area contributed by atoms with Crippen molar-refractivity contribution >= 4 is 28.8 Å². The molecule has 3 rings (SSSR count). The number of nitrogens with one attached hydrogen (secondary N) is 1. The van der Waals surface area contributed by atoms with E-state index >= 15 is 0 Å². The number of carbonyl (C=O) groups is 2. The minimum Gasteiger partial charge on any atom is -0.529 e. The first kappa shape index (κ1) is 29.6. The SMILES string of the molecule is CNC(=O)CCC(C=O)c1cc2ccc(COO[N-]c3cccc(OC(F)(F)F)c3)cc2nc1C.[Y]. The van der Waals surface area contributed by atoms with E-state index in [-0.39, 0.29) is 57.3 Å². The quantitative estimate of drug-likeness (QED) is 0.143. The Morgan fingerprint density at radius 1 is 1.19 bits per heavy atom. The molecule has 1 atom stereocenters. The van der Waals surface area contributed by atoms with E-state index in [4.69, 9.17) is 9.88 Å². The van der Waals surface area contributed by atoms with Crippen LogP contribution < -0.4 is 10.1 Å². The summed E-state index contributed by atoms with van der Waals surface area (Å²) in [4.78, 5) is 37.5. The number of pyridine rings is 1. The Kier molecular flexibility index (Phi) is 11.2. The first-order valence-electron chi connectivity index (χ1n) is 10.6. The normalized spacial score (nSPS) is 11.9. The largest absolute Gasteiger partial charge is 0.573 e. The summed E-state index contributed by atoms with van der Waals surface area (Å²) in [5, 5.41) is 3.35. The number of carbonyl (C=O) groups excluding carboxylic acids is 2. The average molecular weight is 579 g/mol. The molecule has 0 saturated carbocycles. The predicted molar refractivity (Wildman–Crippen MR) is 121 cm³/mol. The van der Waals surface area contributed by atoms with Crippen molar-refractivity contribution in [1.82, 2.24) is 10.3 Å². The first-order valence-corrected chi connectivity index (χ1v) is 10.6. The monoisotopic (exact) mass is 579 g/mol. The van der Waals surface area contributed by atoms with Crippen LogP contribution in [0.1, 0.15) is 35.6 Å². The number of aromatic nitrogens is 1. The number of aryl methyl sites for hydroxylation is 1. The van der Waals surface area contributed by atoms with E-state index in [1.165, 1.54) is 12.1 Å². The maximum absolute atomic E-state index is 12.3. The summed E-state index contributed by atoms with van der Waals surface area (Å²) < 4.78 is 40.8. The van der Waals surface area contributed by atoms with Crippen LogP contribution in [0.2, 0.25) is 0 Å². The summed E-state index contributed by atoms with van der Waals surface area (Å²) >= 11 is 0. The molecule has 1 heterocycles. The maximum Gasteiger partial charge on any atom is 0.573 e. The third kappa shape index (κ3) is 8.81. The van der Waals surface area contributed by atoms with Crippen LogP contribution >= 0.6 is 0 Å². The number of nitrogens with zero attached hydrogens (tertiary/aromatic N) is 2. The smallest absolute Gasteiger partial charge is 0.529 e. The summed E-state index contributed by atoms with van der Waals surface area (Å²) in [6, 6.07) is 12.2. The van der Waals surface area contributed by atoms with Gasteiger partial charge in [0.05, 0.1) is 5.52 Å². The van der Waals surface area contributed by atoms with Gasteiger partial charge in [-0.15, -0.1) is 18.9 Å². The van der Waals surface area contributed by atoms with Crippen LogP contribution in [0.5, 0.6) is 5.75 Å². The van der Waals surface area contributed by atoms with Crippen LogP contribution in [0, 0.1) is 6.92 Å². The van der Waals surface area contributed by atoms with Gasteiger partial charge >= 0.3 is 6.36 Å². The van der Waals surface area contributed by atoms with Crippen molar-refractivity contribution in [1.29, 1.82) is 0 Å². The number of alkyl halides is 3. The number of rotatable bonds is 11. The number of fused-ring (bicyclic) bond motifs is 1. The van der Waals surface area contributed by atoms with E-state index in [9.17, 15) is 22.8 Å². The minimum absolute atomic E-state index is 0. The molecule has 0 saturated heterocycles. The second-order valence-corrected chi connectivity index (χ2v) is 7.62. The molecule has 1 amide bonds. The molecule has 8 nitrogen and oxygen atoms in total. The van der Waals surface area contributed by atoms with Crippen molar-refractivity contribution in [3.8, 4) is 5.75 Å². The summed E-state index contributed by atoms with van der Waals surface area (Å²) in [5.74, 6) is -1.01. The third-order valence-corrected chi connectivity index (χ3v) is 5.11. The summed E-state index contributed by atoms with van der Waals surface area (Å²) in [7, 11) is 1.55. The molecule has 0 aliphatic carbocycles. The Bertz CT molecular complexity index is 1190. The van der Waals surface area contributed by atoms with Gasteiger partial charge < -0.3 is 25.3 Å². The summed E-state index contributed by atoms with van der Waals surface area (Å²) in [5.41, 5.74) is 6.53. The Labute approximate surface area is 230 Å². The summed E-state index contributed by atoms with van der Waals surface area (Å²) in [6.45, 7) is 1.80. The number of ether oxygens (including phenoxy) is 1. The fraction of sp³-hybridized carbons (Fsp3) is 0.292. The van der Waals surface area contributed by atoms with Crippen LogP contribution in [0.25, 0.3) is 16.4 Å². The van der Waals surface area contributed by atoms with E-state index in [1.807, 2.05) is 12.1 Å². The second-order valence-electron chi connectivity index (χ2n) is 7.62. The van der Waals surface area contributed by atoms with Gasteiger partial charge in [0.1, 0.15) is 18.6 Å². The Hall–Kier alpha value is -2.60. The molecule has 3 aromatic rings. The molecule has 36 heavy (non-hydrogen) atoms. The zero-order valence-corrected chi connectivity index (χ0v) is 22.4.